The minimum Gasteiger partial charge on any atom is -0.507 e. The molecule has 31 heavy (non-hydrogen) atoms. The number of nitrogens with two attached hydrogens (primary N) is 1. The first-order chi connectivity index (χ1) is 14.4. The second-order valence-corrected chi connectivity index (χ2v) is 9.22. The summed E-state index contributed by atoms with van der Waals surface area (Å²) in [4.78, 5) is 53.4. The number of aliphatic hydroxyl groups is 2. The third-order valence-electron chi connectivity index (χ3n) is 7.47. The summed E-state index contributed by atoms with van der Waals surface area (Å²) in [6.45, 7) is 1.74. The highest BCUT2D eigenvalue weighted by molar-refractivity contribution is 6.17. The molecule has 4 rings (SSSR count). The summed E-state index contributed by atoms with van der Waals surface area (Å²) in [5.41, 5.74) is 3.59. The molecule has 0 aromatic heterocycles. The van der Waals surface area contributed by atoms with Crippen LogP contribution in [-0.2, 0) is 14.4 Å². The van der Waals surface area contributed by atoms with Crippen molar-refractivity contribution in [3.8, 4) is 5.75 Å². The van der Waals surface area contributed by atoms with Crippen molar-refractivity contribution in [2.24, 2.45) is 29.4 Å². The van der Waals surface area contributed by atoms with Gasteiger partial charge in [-0.2, -0.15) is 0 Å². The molecule has 0 spiro atoms. The molecule has 1 aromatic carbocycles. The van der Waals surface area contributed by atoms with Gasteiger partial charge in [-0.25, -0.2) is 0 Å². The summed E-state index contributed by atoms with van der Waals surface area (Å²) in [7, 11) is 3.11. The second-order valence-electron chi connectivity index (χ2n) is 9.22. The van der Waals surface area contributed by atoms with E-state index in [-0.39, 0.29) is 11.3 Å². The Morgan fingerprint density at radius 1 is 1.23 bits per heavy atom. The predicted molar refractivity (Wildman–Crippen MR) is 107 cm³/mol. The van der Waals surface area contributed by atoms with Gasteiger partial charge in [-0.15, -0.1) is 0 Å². The molecule has 2 saturated carbocycles. The molecule has 0 saturated heterocycles. The van der Waals surface area contributed by atoms with E-state index in [2.05, 4.69) is 0 Å². The fourth-order valence-corrected chi connectivity index (χ4v) is 6.07. The number of ketones is 3. The standard InChI is InChI=1S/C22H26N2O7/c1-8-9-5-4-6-11(25)13(9)18(27)14-12(8)19(28)15-16(24(2)3)17(26)10(21(23)30)7-22(15,31)20(14)29/h4-6,8,10,12,14-16,19,25,28,31H,7H2,1-3H3,(H2,23,30). The number of Topliss-reactive ketones (excluding diaryl/α,β-unsaturated/α-hetero) is 3. The third kappa shape index (κ3) is 2.73. The van der Waals surface area contributed by atoms with Gasteiger partial charge in [-0.3, -0.25) is 24.1 Å². The number of benzene rings is 1. The van der Waals surface area contributed by atoms with Crippen molar-refractivity contribution < 1.29 is 34.5 Å². The van der Waals surface area contributed by atoms with Crippen LogP contribution < -0.4 is 5.73 Å². The quantitative estimate of drug-likeness (QED) is 0.445. The third-order valence-corrected chi connectivity index (χ3v) is 7.47. The number of primary amides is 1. The Morgan fingerprint density at radius 3 is 2.45 bits per heavy atom. The Bertz CT molecular complexity index is 1010. The van der Waals surface area contributed by atoms with Gasteiger partial charge >= 0.3 is 0 Å². The topological polar surface area (TPSA) is 158 Å². The van der Waals surface area contributed by atoms with E-state index in [4.69, 9.17) is 5.73 Å². The number of likely N-dealkylation sites (N-methyl/N-ethyl adjacent to an activating group) is 1. The van der Waals surface area contributed by atoms with Crippen LogP contribution in [0.2, 0.25) is 0 Å². The van der Waals surface area contributed by atoms with Crippen LogP contribution in [0, 0.1) is 23.7 Å². The van der Waals surface area contributed by atoms with Gasteiger partial charge in [0.15, 0.2) is 17.3 Å². The molecule has 0 heterocycles. The van der Waals surface area contributed by atoms with Gasteiger partial charge in [0, 0.05) is 18.3 Å². The summed E-state index contributed by atoms with van der Waals surface area (Å²) in [5, 5.41) is 33.2. The highest BCUT2D eigenvalue weighted by Gasteiger charge is 2.68. The number of carbonyl (C=O) groups is 4. The van der Waals surface area contributed by atoms with Crippen LogP contribution in [0.4, 0.5) is 0 Å². The lowest BCUT2D eigenvalue weighted by Crippen LogP contribution is -2.74. The van der Waals surface area contributed by atoms with E-state index in [1.54, 1.807) is 33.2 Å². The molecule has 0 bridgehead atoms. The van der Waals surface area contributed by atoms with E-state index < -0.39 is 77.0 Å². The molecule has 9 nitrogen and oxygen atoms in total. The second kappa shape index (κ2) is 6.94. The number of carbonyl (C=O) groups excluding carboxylic acids is 4. The van der Waals surface area contributed by atoms with Crippen LogP contribution in [0.3, 0.4) is 0 Å². The molecular weight excluding hydrogens is 404 g/mol. The maximum Gasteiger partial charge on any atom is 0.228 e. The van der Waals surface area contributed by atoms with Crippen molar-refractivity contribution in [2.75, 3.05) is 14.1 Å². The summed E-state index contributed by atoms with van der Waals surface area (Å²) in [5.74, 6) is -8.78. The first-order valence-corrected chi connectivity index (χ1v) is 10.2. The number of hydrogen-bond acceptors (Lipinski definition) is 8. The van der Waals surface area contributed by atoms with Crippen molar-refractivity contribution in [2.45, 2.75) is 37.0 Å². The van der Waals surface area contributed by atoms with E-state index in [0.717, 1.165) is 0 Å². The van der Waals surface area contributed by atoms with Crippen LogP contribution in [0.15, 0.2) is 18.2 Å². The summed E-state index contributed by atoms with van der Waals surface area (Å²) >= 11 is 0. The molecule has 8 unspecified atom stereocenters. The zero-order chi connectivity index (χ0) is 23.0. The van der Waals surface area contributed by atoms with Crippen molar-refractivity contribution >= 4 is 23.3 Å². The lowest BCUT2D eigenvalue weighted by Gasteiger charge is -2.57. The van der Waals surface area contributed by atoms with Crippen LogP contribution in [-0.4, -0.2) is 75.3 Å². The molecule has 1 aromatic rings. The van der Waals surface area contributed by atoms with Crippen LogP contribution in [0.1, 0.15) is 35.2 Å². The maximum absolute atomic E-state index is 13.6. The Hall–Kier alpha value is -2.62. The van der Waals surface area contributed by atoms with Gasteiger partial charge in [0.05, 0.1) is 23.6 Å². The maximum atomic E-state index is 13.6. The van der Waals surface area contributed by atoms with E-state index >= 15 is 0 Å². The summed E-state index contributed by atoms with van der Waals surface area (Å²) in [6.07, 6.45) is -1.96. The monoisotopic (exact) mass is 430 g/mol. The van der Waals surface area contributed by atoms with E-state index in [9.17, 15) is 34.5 Å². The average Bonchev–Trinajstić information content (AvgIpc) is 2.69. The highest BCUT2D eigenvalue weighted by Crippen LogP contribution is 2.55. The number of phenols is 1. The van der Waals surface area contributed by atoms with E-state index in [1.807, 2.05) is 0 Å². The first-order valence-electron chi connectivity index (χ1n) is 10.2. The smallest absolute Gasteiger partial charge is 0.228 e. The number of amides is 1. The van der Waals surface area contributed by atoms with Gasteiger partial charge in [0.2, 0.25) is 5.91 Å². The van der Waals surface area contributed by atoms with Gasteiger partial charge in [0.25, 0.3) is 0 Å². The van der Waals surface area contributed by atoms with E-state index in [0.29, 0.717) is 5.56 Å². The average molecular weight is 430 g/mol. The molecule has 0 radical (unpaired) electrons. The number of nitrogens with zero attached hydrogens (tertiary/aromatic N) is 1. The van der Waals surface area contributed by atoms with Crippen molar-refractivity contribution in [1.29, 1.82) is 0 Å². The Morgan fingerprint density at radius 2 is 1.87 bits per heavy atom. The Kier molecular flexibility index (Phi) is 4.84. The molecule has 0 aliphatic heterocycles. The molecule has 3 aliphatic rings. The van der Waals surface area contributed by atoms with Gasteiger partial charge in [-0.1, -0.05) is 19.1 Å². The SMILES string of the molecule is CC1c2cccc(O)c2C(=O)C2C(=O)C3(O)CC(C(N)=O)C(=O)C(N(C)C)C3C(O)C21. The number of hydrogen-bond donors (Lipinski definition) is 4. The fraction of sp³-hybridized carbons (Fsp3) is 0.545. The Balaban J connectivity index is 1.91. The lowest BCUT2D eigenvalue weighted by molar-refractivity contribution is -0.196. The first kappa shape index (κ1) is 21.6. The summed E-state index contributed by atoms with van der Waals surface area (Å²) < 4.78 is 0. The number of aliphatic hydroxyl groups excluding tert-OH is 1. The van der Waals surface area contributed by atoms with Crippen LogP contribution >= 0.6 is 0 Å². The molecule has 3 aliphatic carbocycles. The molecule has 2 fully saturated rings. The van der Waals surface area contributed by atoms with Crippen LogP contribution in [0.25, 0.3) is 0 Å². The molecule has 8 atom stereocenters. The number of phenolic OH excluding ortho intramolecular Hbond substituents is 1. The summed E-state index contributed by atoms with van der Waals surface area (Å²) in [6, 6.07) is 3.44. The van der Waals surface area contributed by atoms with Crippen molar-refractivity contribution in [1.82, 2.24) is 4.90 Å². The lowest BCUT2D eigenvalue weighted by atomic mass is 9.50. The minimum absolute atomic E-state index is 0.00125. The van der Waals surface area contributed by atoms with Crippen molar-refractivity contribution in [3.63, 3.8) is 0 Å². The van der Waals surface area contributed by atoms with Gasteiger partial charge in [0.1, 0.15) is 17.3 Å². The molecule has 9 heteroatoms. The number of rotatable bonds is 2. The van der Waals surface area contributed by atoms with Crippen LogP contribution in [0.5, 0.6) is 5.75 Å². The fourth-order valence-electron chi connectivity index (χ4n) is 6.07. The van der Waals surface area contributed by atoms with Crippen molar-refractivity contribution in [3.05, 3.63) is 29.3 Å². The largest absolute Gasteiger partial charge is 0.507 e. The van der Waals surface area contributed by atoms with E-state index in [1.165, 1.54) is 11.0 Å². The Labute approximate surface area is 178 Å². The normalized spacial score (nSPS) is 39.7. The minimum atomic E-state index is -2.29. The zero-order valence-corrected chi connectivity index (χ0v) is 17.5. The van der Waals surface area contributed by atoms with Gasteiger partial charge < -0.3 is 21.1 Å². The molecule has 5 N–H and O–H groups in total. The predicted octanol–water partition coefficient (Wildman–Crippen LogP) is -0.780. The molecule has 166 valence electrons. The zero-order valence-electron chi connectivity index (χ0n) is 17.5. The number of fused-ring (bicyclic) bond motifs is 3. The molecule has 1 amide bonds. The number of aromatic hydroxyl groups is 1. The molecular formula is C22H26N2O7. The highest BCUT2D eigenvalue weighted by atomic mass is 16.3. The van der Waals surface area contributed by atoms with Gasteiger partial charge in [-0.05, 0) is 31.6 Å².